The van der Waals surface area contributed by atoms with Gasteiger partial charge in [-0.05, 0) is 19.1 Å². The second-order valence-corrected chi connectivity index (χ2v) is 3.87. The van der Waals surface area contributed by atoms with Crippen LogP contribution in [-0.4, -0.2) is 11.0 Å². The van der Waals surface area contributed by atoms with Crippen LogP contribution < -0.4 is 0 Å². The monoisotopic (exact) mass is 145 g/mol. The first-order chi connectivity index (χ1) is 4.31. The molecule has 0 nitrogen and oxygen atoms in total. The van der Waals surface area contributed by atoms with E-state index in [4.69, 9.17) is 0 Å². The Morgan fingerprint density at radius 1 is 1.56 bits per heavy atom. The van der Waals surface area contributed by atoms with Gasteiger partial charge in [0.25, 0.3) is 0 Å². The molecule has 0 spiro atoms. The van der Waals surface area contributed by atoms with Crippen LogP contribution in [0, 0.1) is 6.92 Å². The lowest BCUT2D eigenvalue weighted by atomic mass is 10.2. The summed E-state index contributed by atoms with van der Waals surface area (Å²) in [5, 5.41) is 0.822. The van der Waals surface area contributed by atoms with Crippen LogP contribution in [0.2, 0.25) is 0 Å². The third-order valence-electron chi connectivity index (χ3n) is 1.37. The molecule has 0 N–H and O–H groups in total. The van der Waals surface area contributed by atoms with Crippen molar-refractivity contribution in [3.8, 4) is 0 Å². The molecule has 0 aliphatic carbocycles. The summed E-state index contributed by atoms with van der Waals surface area (Å²) in [6.45, 7) is 8.32. The number of hydrogen-bond donors (Lipinski definition) is 0. The summed E-state index contributed by atoms with van der Waals surface area (Å²) in [5.41, 5.74) is 0. The first-order valence-electron chi connectivity index (χ1n) is 3.72. The molecule has 0 aliphatic rings. The summed E-state index contributed by atoms with van der Waals surface area (Å²) in [7, 11) is 0. The highest BCUT2D eigenvalue weighted by Gasteiger charge is 1.97. The number of hydrogen-bond acceptors (Lipinski definition) is 1. The highest BCUT2D eigenvalue weighted by Crippen LogP contribution is 2.15. The van der Waals surface area contributed by atoms with Crippen LogP contribution in [0.3, 0.4) is 0 Å². The van der Waals surface area contributed by atoms with E-state index in [1.165, 1.54) is 19.3 Å². The summed E-state index contributed by atoms with van der Waals surface area (Å²) in [6, 6.07) is 0. The van der Waals surface area contributed by atoms with Gasteiger partial charge in [-0.25, -0.2) is 0 Å². The van der Waals surface area contributed by atoms with Crippen molar-refractivity contribution in [1.82, 2.24) is 0 Å². The first kappa shape index (κ1) is 9.35. The number of rotatable bonds is 5. The van der Waals surface area contributed by atoms with Crippen molar-refractivity contribution in [2.75, 3.05) is 5.75 Å². The minimum absolute atomic E-state index is 0.822. The molecule has 0 rings (SSSR count). The lowest BCUT2D eigenvalue weighted by Gasteiger charge is -2.06. The zero-order valence-corrected chi connectivity index (χ0v) is 7.34. The Bertz CT molecular complexity index is 52.5. The van der Waals surface area contributed by atoms with Gasteiger partial charge in [-0.3, -0.25) is 0 Å². The molecule has 0 aromatic rings. The predicted octanol–water partition coefficient (Wildman–Crippen LogP) is 3.13. The SMILES string of the molecule is [CH2]CSC(C)CCCC. The van der Waals surface area contributed by atoms with Gasteiger partial charge in [0.1, 0.15) is 0 Å². The Morgan fingerprint density at radius 3 is 2.67 bits per heavy atom. The van der Waals surface area contributed by atoms with Gasteiger partial charge in [0.15, 0.2) is 0 Å². The molecule has 0 bridgehead atoms. The Kier molecular flexibility index (Phi) is 6.72. The minimum atomic E-state index is 0.822. The number of thioether (sulfide) groups is 1. The fourth-order valence-electron chi connectivity index (χ4n) is 0.776. The maximum atomic E-state index is 3.80. The Morgan fingerprint density at radius 2 is 2.22 bits per heavy atom. The molecule has 1 radical (unpaired) electrons. The van der Waals surface area contributed by atoms with Gasteiger partial charge in [-0.2, -0.15) is 11.8 Å². The van der Waals surface area contributed by atoms with Gasteiger partial charge in [0, 0.05) is 5.25 Å². The molecule has 9 heavy (non-hydrogen) atoms. The van der Waals surface area contributed by atoms with Crippen molar-refractivity contribution in [3.05, 3.63) is 6.92 Å². The zero-order valence-electron chi connectivity index (χ0n) is 6.52. The largest absolute Gasteiger partial charge is 0.159 e. The van der Waals surface area contributed by atoms with E-state index in [0.717, 1.165) is 11.0 Å². The molecule has 0 heterocycles. The quantitative estimate of drug-likeness (QED) is 0.572. The van der Waals surface area contributed by atoms with Crippen molar-refractivity contribution in [3.63, 3.8) is 0 Å². The van der Waals surface area contributed by atoms with E-state index in [9.17, 15) is 0 Å². The van der Waals surface area contributed by atoms with Crippen LogP contribution in [0.4, 0.5) is 0 Å². The molecule has 1 heteroatoms. The summed E-state index contributed by atoms with van der Waals surface area (Å²) in [5.74, 6) is 1.02. The lowest BCUT2D eigenvalue weighted by molar-refractivity contribution is 0.713. The number of unbranched alkanes of at least 4 members (excludes halogenated alkanes) is 1. The average molecular weight is 145 g/mol. The van der Waals surface area contributed by atoms with E-state index in [1.807, 2.05) is 11.8 Å². The molecule has 55 valence electrons. The first-order valence-corrected chi connectivity index (χ1v) is 4.77. The maximum absolute atomic E-state index is 3.80. The zero-order chi connectivity index (χ0) is 7.11. The van der Waals surface area contributed by atoms with E-state index >= 15 is 0 Å². The highest BCUT2D eigenvalue weighted by molar-refractivity contribution is 7.99. The average Bonchev–Trinajstić information content (AvgIpc) is 1.85. The molecule has 0 saturated carbocycles. The molecule has 1 unspecified atom stereocenters. The van der Waals surface area contributed by atoms with E-state index < -0.39 is 0 Å². The standard InChI is InChI=1S/C8H17S/c1-4-6-7-8(3)9-5-2/h8H,2,4-7H2,1,3H3. The van der Waals surface area contributed by atoms with Crippen LogP contribution >= 0.6 is 11.8 Å². The van der Waals surface area contributed by atoms with Crippen molar-refractivity contribution in [1.29, 1.82) is 0 Å². The maximum Gasteiger partial charge on any atom is 0.00187 e. The Hall–Kier alpha value is 0.350. The Balaban J connectivity index is 2.95. The van der Waals surface area contributed by atoms with Gasteiger partial charge in [0.2, 0.25) is 0 Å². The van der Waals surface area contributed by atoms with Crippen molar-refractivity contribution in [2.24, 2.45) is 0 Å². The van der Waals surface area contributed by atoms with Crippen molar-refractivity contribution < 1.29 is 0 Å². The molecule has 0 fully saturated rings. The summed E-state index contributed by atoms with van der Waals surface area (Å²) in [4.78, 5) is 0. The van der Waals surface area contributed by atoms with Gasteiger partial charge in [-0.1, -0.05) is 26.7 Å². The highest BCUT2D eigenvalue weighted by atomic mass is 32.2. The van der Waals surface area contributed by atoms with Crippen molar-refractivity contribution in [2.45, 2.75) is 38.4 Å². The third kappa shape index (κ3) is 6.23. The van der Waals surface area contributed by atoms with Gasteiger partial charge in [-0.15, -0.1) is 0 Å². The Labute approximate surface area is 63.4 Å². The fraction of sp³-hybridized carbons (Fsp3) is 0.875. The molecule has 0 saturated heterocycles. The van der Waals surface area contributed by atoms with Crippen molar-refractivity contribution >= 4 is 11.8 Å². The van der Waals surface area contributed by atoms with Crippen LogP contribution in [0.5, 0.6) is 0 Å². The van der Waals surface area contributed by atoms with E-state index in [-0.39, 0.29) is 0 Å². The third-order valence-corrected chi connectivity index (χ3v) is 2.41. The van der Waals surface area contributed by atoms with Crippen LogP contribution in [-0.2, 0) is 0 Å². The molecule has 0 aromatic heterocycles. The molecule has 0 aliphatic heterocycles. The van der Waals surface area contributed by atoms with Gasteiger partial charge >= 0.3 is 0 Å². The van der Waals surface area contributed by atoms with E-state index in [2.05, 4.69) is 20.8 Å². The molecule has 1 atom stereocenters. The van der Waals surface area contributed by atoms with Crippen LogP contribution in [0.1, 0.15) is 33.1 Å². The second-order valence-electron chi connectivity index (χ2n) is 2.32. The summed E-state index contributed by atoms with van der Waals surface area (Å²) in [6.07, 6.45) is 4.05. The lowest BCUT2D eigenvalue weighted by Crippen LogP contribution is -1.95. The summed E-state index contributed by atoms with van der Waals surface area (Å²) >= 11 is 1.96. The molecule has 0 amide bonds. The molecule has 0 aromatic carbocycles. The molecular formula is C8H17S. The topological polar surface area (TPSA) is 0 Å². The van der Waals surface area contributed by atoms with E-state index in [0.29, 0.717) is 0 Å². The van der Waals surface area contributed by atoms with Gasteiger partial charge in [0.05, 0.1) is 0 Å². The van der Waals surface area contributed by atoms with Gasteiger partial charge < -0.3 is 0 Å². The summed E-state index contributed by atoms with van der Waals surface area (Å²) < 4.78 is 0. The second kappa shape index (κ2) is 6.47. The molecular weight excluding hydrogens is 128 g/mol. The smallest absolute Gasteiger partial charge is 0.00187 e. The normalized spacial score (nSPS) is 13.7. The minimum Gasteiger partial charge on any atom is -0.159 e. The fourth-order valence-corrected chi connectivity index (χ4v) is 1.51. The van der Waals surface area contributed by atoms with Crippen LogP contribution in [0.15, 0.2) is 0 Å². The van der Waals surface area contributed by atoms with Crippen LogP contribution in [0.25, 0.3) is 0 Å². The van der Waals surface area contributed by atoms with E-state index in [1.54, 1.807) is 0 Å². The predicted molar refractivity (Wildman–Crippen MR) is 46.8 cm³/mol.